The highest BCUT2D eigenvalue weighted by Crippen LogP contribution is 2.24. The van der Waals surface area contributed by atoms with Crippen LogP contribution in [0, 0.1) is 0 Å². The van der Waals surface area contributed by atoms with Gasteiger partial charge in [-0.1, -0.05) is 60.2 Å². The molecule has 0 N–H and O–H groups in total. The van der Waals surface area contributed by atoms with Gasteiger partial charge in [-0.3, -0.25) is 9.59 Å². The number of hydrogen-bond donors (Lipinski definition) is 0. The molecule has 29 heavy (non-hydrogen) atoms. The van der Waals surface area contributed by atoms with Crippen molar-refractivity contribution in [2.24, 2.45) is 4.99 Å². The van der Waals surface area contributed by atoms with E-state index in [2.05, 4.69) is 41.7 Å². The van der Waals surface area contributed by atoms with Crippen LogP contribution in [0.25, 0.3) is 10.2 Å². The maximum Gasteiger partial charge on any atom is 0.326 e. The van der Waals surface area contributed by atoms with E-state index in [4.69, 9.17) is 4.74 Å². The summed E-state index contributed by atoms with van der Waals surface area (Å²) in [6.07, 6.45) is 0. The van der Waals surface area contributed by atoms with E-state index in [9.17, 15) is 9.59 Å². The van der Waals surface area contributed by atoms with E-state index in [1.807, 2.05) is 30.3 Å². The Bertz CT molecular complexity index is 1120. The topological polar surface area (TPSA) is 60.7 Å². The molecule has 0 bridgehead atoms. The highest BCUT2D eigenvalue weighted by Gasteiger charge is 2.15. The zero-order valence-corrected chi connectivity index (χ0v) is 19.3. The van der Waals surface area contributed by atoms with E-state index >= 15 is 0 Å². The van der Waals surface area contributed by atoms with Crippen molar-refractivity contribution >= 4 is 49.4 Å². The van der Waals surface area contributed by atoms with Gasteiger partial charge in [-0.25, -0.2) is 0 Å². The number of esters is 1. The minimum absolute atomic E-state index is 0.00451. The molecule has 3 rings (SSSR count). The maximum absolute atomic E-state index is 12.8. The van der Waals surface area contributed by atoms with E-state index in [0.29, 0.717) is 17.0 Å². The molecule has 0 aliphatic heterocycles. The number of ether oxygens (including phenoxy) is 1. The SMILES string of the molecule is CCOC(=O)Cn1c(=NC(=O)c2ccc(C(C)(C)C)cc2)sc2cc(Br)ccc21. The van der Waals surface area contributed by atoms with Crippen molar-refractivity contribution in [1.29, 1.82) is 0 Å². The number of benzene rings is 2. The molecule has 3 aromatic rings. The Morgan fingerprint density at radius 2 is 1.83 bits per heavy atom. The van der Waals surface area contributed by atoms with Crippen molar-refractivity contribution in [2.75, 3.05) is 6.61 Å². The van der Waals surface area contributed by atoms with Crippen LogP contribution in [-0.4, -0.2) is 23.1 Å². The van der Waals surface area contributed by atoms with Crippen molar-refractivity contribution in [1.82, 2.24) is 4.57 Å². The molecule has 1 amide bonds. The van der Waals surface area contributed by atoms with Crippen molar-refractivity contribution in [2.45, 2.75) is 39.7 Å². The molecule has 1 heterocycles. The van der Waals surface area contributed by atoms with E-state index in [-0.39, 0.29) is 23.8 Å². The van der Waals surface area contributed by atoms with Crippen molar-refractivity contribution in [3.8, 4) is 0 Å². The van der Waals surface area contributed by atoms with Crippen LogP contribution in [0.3, 0.4) is 0 Å². The van der Waals surface area contributed by atoms with Gasteiger partial charge in [0.15, 0.2) is 4.80 Å². The summed E-state index contributed by atoms with van der Waals surface area (Å²) >= 11 is 4.83. The number of rotatable bonds is 4. The Kier molecular flexibility index (Phi) is 6.39. The fraction of sp³-hybridized carbons (Fsp3) is 0.318. The molecular formula is C22H23BrN2O3S. The summed E-state index contributed by atoms with van der Waals surface area (Å²) in [4.78, 5) is 29.7. The van der Waals surface area contributed by atoms with Crippen LogP contribution in [-0.2, 0) is 21.5 Å². The molecule has 1 aromatic heterocycles. The molecule has 0 fully saturated rings. The first kappa shape index (κ1) is 21.5. The second-order valence-electron chi connectivity index (χ2n) is 7.63. The Labute approximate surface area is 182 Å². The summed E-state index contributed by atoms with van der Waals surface area (Å²) < 4.78 is 8.66. The average Bonchev–Trinajstić information content (AvgIpc) is 2.97. The second kappa shape index (κ2) is 8.63. The van der Waals surface area contributed by atoms with Gasteiger partial charge in [0.25, 0.3) is 5.91 Å². The standard InChI is InChI=1S/C22H23BrN2O3S/c1-5-28-19(26)13-25-17-11-10-16(23)12-18(17)29-21(25)24-20(27)14-6-8-15(9-7-14)22(2,3)4/h6-12H,5,13H2,1-4H3. The van der Waals surface area contributed by atoms with E-state index < -0.39 is 0 Å². The van der Waals surface area contributed by atoms with Crippen molar-refractivity contribution < 1.29 is 14.3 Å². The van der Waals surface area contributed by atoms with Crippen LogP contribution >= 0.6 is 27.3 Å². The third-order valence-electron chi connectivity index (χ3n) is 4.43. The van der Waals surface area contributed by atoms with Crippen molar-refractivity contribution in [3.05, 3.63) is 62.9 Å². The number of nitrogens with zero attached hydrogens (tertiary/aromatic N) is 2. The van der Waals surface area contributed by atoms with Crippen LogP contribution < -0.4 is 4.80 Å². The summed E-state index contributed by atoms with van der Waals surface area (Å²) in [7, 11) is 0. The Hall–Kier alpha value is -2.25. The predicted molar refractivity (Wildman–Crippen MR) is 119 cm³/mol. The number of hydrogen-bond acceptors (Lipinski definition) is 4. The lowest BCUT2D eigenvalue weighted by Crippen LogP contribution is -2.23. The summed E-state index contributed by atoms with van der Waals surface area (Å²) in [5, 5.41) is 0. The van der Waals surface area contributed by atoms with Crippen LogP contribution in [0.4, 0.5) is 0 Å². The lowest BCUT2D eigenvalue weighted by Gasteiger charge is -2.18. The van der Waals surface area contributed by atoms with Gasteiger partial charge in [0.1, 0.15) is 6.54 Å². The number of aromatic nitrogens is 1. The summed E-state index contributed by atoms with van der Waals surface area (Å²) in [6.45, 7) is 8.45. The van der Waals surface area contributed by atoms with E-state index in [0.717, 1.165) is 20.3 Å². The summed E-state index contributed by atoms with van der Waals surface area (Å²) in [5.74, 6) is -0.702. The molecule has 152 valence electrons. The Balaban J connectivity index is 2.04. The molecule has 0 saturated heterocycles. The van der Waals surface area contributed by atoms with Gasteiger partial charge in [-0.15, -0.1) is 0 Å². The molecular weight excluding hydrogens is 452 g/mol. The average molecular weight is 475 g/mol. The third-order valence-corrected chi connectivity index (χ3v) is 5.97. The lowest BCUT2D eigenvalue weighted by molar-refractivity contribution is -0.143. The number of fused-ring (bicyclic) bond motifs is 1. The first-order chi connectivity index (χ1) is 13.7. The fourth-order valence-electron chi connectivity index (χ4n) is 2.89. The Morgan fingerprint density at radius 1 is 1.14 bits per heavy atom. The lowest BCUT2D eigenvalue weighted by atomic mass is 9.87. The highest BCUT2D eigenvalue weighted by atomic mass is 79.9. The van der Waals surface area contributed by atoms with E-state index in [1.165, 1.54) is 11.3 Å². The molecule has 0 spiro atoms. The molecule has 0 aliphatic carbocycles. The van der Waals surface area contributed by atoms with Gasteiger partial charge in [-0.05, 0) is 48.2 Å². The largest absolute Gasteiger partial charge is 0.465 e. The molecule has 0 aliphatic rings. The number of amides is 1. The van der Waals surface area contributed by atoms with Crippen LogP contribution in [0.15, 0.2) is 51.9 Å². The summed E-state index contributed by atoms with van der Waals surface area (Å²) in [6, 6.07) is 13.3. The van der Waals surface area contributed by atoms with Crippen LogP contribution in [0.1, 0.15) is 43.6 Å². The third kappa shape index (κ3) is 5.03. The highest BCUT2D eigenvalue weighted by molar-refractivity contribution is 9.10. The molecule has 0 saturated carbocycles. The smallest absolute Gasteiger partial charge is 0.326 e. The van der Waals surface area contributed by atoms with Gasteiger partial charge in [0, 0.05) is 10.0 Å². The molecule has 0 radical (unpaired) electrons. The summed E-state index contributed by atoms with van der Waals surface area (Å²) in [5.41, 5.74) is 2.51. The fourth-order valence-corrected chi connectivity index (χ4v) is 4.46. The number of carbonyl (C=O) groups excluding carboxylic acids is 2. The monoisotopic (exact) mass is 474 g/mol. The predicted octanol–water partition coefficient (Wildman–Crippen LogP) is 5.07. The first-order valence-electron chi connectivity index (χ1n) is 9.33. The number of carbonyl (C=O) groups is 2. The zero-order chi connectivity index (χ0) is 21.2. The quantitative estimate of drug-likeness (QED) is 0.496. The maximum atomic E-state index is 12.8. The van der Waals surface area contributed by atoms with Gasteiger partial charge in [0.05, 0.1) is 16.8 Å². The minimum Gasteiger partial charge on any atom is -0.465 e. The molecule has 5 nitrogen and oxygen atoms in total. The van der Waals surface area contributed by atoms with Crippen LogP contribution in [0.2, 0.25) is 0 Å². The molecule has 0 unspecified atom stereocenters. The zero-order valence-electron chi connectivity index (χ0n) is 16.9. The second-order valence-corrected chi connectivity index (χ2v) is 9.56. The number of halogens is 1. The minimum atomic E-state index is -0.362. The van der Waals surface area contributed by atoms with Gasteiger partial charge in [0.2, 0.25) is 0 Å². The van der Waals surface area contributed by atoms with Gasteiger partial charge in [-0.2, -0.15) is 4.99 Å². The number of thiazole rings is 1. The molecule has 7 heteroatoms. The van der Waals surface area contributed by atoms with E-state index in [1.54, 1.807) is 23.6 Å². The molecule has 2 aromatic carbocycles. The molecule has 0 atom stereocenters. The van der Waals surface area contributed by atoms with Gasteiger partial charge >= 0.3 is 5.97 Å². The van der Waals surface area contributed by atoms with Crippen molar-refractivity contribution in [3.63, 3.8) is 0 Å². The Morgan fingerprint density at radius 3 is 2.45 bits per heavy atom. The first-order valence-corrected chi connectivity index (χ1v) is 10.9. The normalized spacial score (nSPS) is 12.4. The van der Waals surface area contributed by atoms with Crippen LogP contribution in [0.5, 0.6) is 0 Å². The van der Waals surface area contributed by atoms with Gasteiger partial charge < -0.3 is 9.30 Å².